The number of hydrogen-bond acceptors (Lipinski definition) is 11. The van der Waals surface area contributed by atoms with Gasteiger partial charge in [0.05, 0.1) is 48.3 Å². The minimum absolute atomic E-state index is 0.160. The molecule has 12 heteroatoms. The summed E-state index contributed by atoms with van der Waals surface area (Å²) in [5, 5.41) is 0. The number of rotatable bonds is 15. The number of nitrogens with zero attached hydrogens (tertiary/aromatic N) is 2. The van der Waals surface area contributed by atoms with Crippen LogP contribution >= 0.6 is 11.3 Å². The van der Waals surface area contributed by atoms with Crippen LogP contribution in [0.4, 0.5) is 0 Å². The third-order valence-electron chi connectivity index (χ3n) is 6.67. The number of aromatic nitrogens is 1. The van der Waals surface area contributed by atoms with Crippen LogP contribution in [0.5, 0.6) is 23.0 Å². The number of allylic oxidation sites excluding steroid dienone is 1. The molecule has 3 aromatic rings. The predicted molar refractivity (Wildman–Crippen MR) is 173 cm³/mol. The van der Waals surface area contributed by atoms with Crippen LogP contribution in [0.3, 0.4) is 0 Å². The summed E-state index contributed by atoms with van der Waals surface area (Å²) < 4.78 is 35.3. The second kappa shape index (κ2) is 15.9. The Bertz CT molecular complexity index is 1810. The molecule has 1 aliphatic heterocycles. The van der Waals surface area contributed by atoms with Crippen molar-refractivity contribution in [2.45, 2.75) is 40.7 Å². The van der Waals surface area contributed by atoms with Gasteiger partial charge in [-0.05, 0) is 76.1 Å². The molecule has 46 heavy (non-hydrogen) atoms. The Morgan fingerprint density at radius 3 is 2.24 bits per heavy atom. The number of hydrogen-bond donors (Lipinski definition) is 0. The van der Waals surface area contributed by atoms with E-state index >= 15 is 0 Å². The lowest BCUT2D eigenvalue weighted by Crippen LogP contribution is -2.40. The summed E-state index contributed by atoms with van der Waals surface area (Å²) in [5.41, 5.74) is 1.65. The van der Waals surface area contributed by atoms with E-state index in [-0.39, 0.29) is 37.6 Å². The summed E-state index contributed by atoms with van der Waals surface area (Å²) in [6.45, 7) is 13.7. The van der Waals surface area contributed by atoms with Crippen LogP contribution in [0.25, 0.3) is 6.08 Å². The van der Waals surface area contributed by atoms with Gasteiger partial charge in [-0.1, -0.05) is 36.1 Å². The van der Waals surface area contributed by atoms with E-state index in [4.69, 9.17) is 28.4 Å². The van der Waals surface area contributed by atoms with Gasteiger partial charge in [-0.15, -0.1) is 0 Å². The maximum atomic E-state index is 14.1. The molecule has 0 spiro atoms. The van der Waals surface area contributed by atoms with Crippen LogP contribution in [-0.4, -0.2) is 56.1 Å². The molecule has 0 bridgehead atoms. The first kappa shape index (κ1) is 34.0. The fourth-order valence-electron chi connectivity index (χ4n) is 4.83. The zero-order valence-corrected chi connectivity index (χ0v) is 27.4. The smallest absolute Gasteiger partial charge is 0.344 e. The number of carbonyl (C=O) groups excluding carboxylic acids is 2. The first-order chi connectivity index (χ1) is 22.3. The molecule has 0 aliphatic carbocycles. The molecule has 2 aromatic carbocycles. The van der Waals surface area contributed by atoms with E-state index in [9.17, 15) is 14.4 Å². The molecule has 0 saturated carbocycles. The molecule has 0 amide bonds. The molecule has 0 unspecified atom stereocenters. The number of benzene rings is 2. The van der Waals surface area contributed by atoms with E-state index in [2.05, 4.69) is 11.6 Å². The molecule has 2 heterocycles. The van der Waals surface area contributed by atoms with E-state index in [0.717, 1.165) is 0 Å². The number of esters is 2. The van der Waals surface area contributed by atoms with Crippen molar-refractivity contribution in [3.05, 3.63) is 91.1 Å². The highest BCUT2D eigenvalue weighted by Gasteiger charge is 2.34. The predicted octanol–water partition coefficient (Wildman–Crippen LogP) is 4.10. The van der Waals surface area contributed by atoms with Crippen molar-refractivity contribution in [3.8, 4) is 23.0 Å². The van der Waals surface area contributed by atoms with Crippen LogP contribution in [0.1, 0.15) is 51.8 Å². The molecule has 1 aliphatic rings. The van der Waals surface area contributed by atoms with Crippen molar-refractivity contribution in [2.24, 2.45) is 4.99 Å². The second-order valence-electron chi connectivity index (χ2n) is 9.77. The highest BCUT2D eigenvalue weighted by molar-refractivity contribution is 7.07. The summed E-state index contributed by atoms with van der Waals surface area (Å²) >= 11 is 1.20. The minimum atomic E-state index is -0.831. The lowest BCUT2D eigenvalue weighted by Gasteiger charge is -2.25. The molecule has 1 atom stereocenters. The summed E-state index contributed by atoms with van der Waals surface area (Å²) in [6, 6.07) is 9.64. The number of carbonyl (C=O) groups is 2. The van der Waals surface area contributed by atoms with Gasteiger partial charge in [0.25, 0.3) is 5.56 Å². The van der Waals surface area contributed by atoms with Crippen molar-refractivity contribution in [1.82, 2.24) is 4.57 Å². The summed E-state index contributed by atoms with van der Waals surface area (Å²) in [6.07, 6.45) is 3.35. The Morgan fingerprint density at radius 1 is 0.891 bits per heavy atom. The second-order valence-corrected chi connectivity index (χ2v) is 10.8. The molecular formula is C34H38N2O9S. The van der Waals surface area contributed by atoms with E-state index in [1.54, 1.807) is 69.3 Å². The first-order valence-electron chi connectivity index (χ1n) is 15.0. The van der Waals surface area contributed by atoms with Crippen molar-refractivity contribution in [3.63, 3.8) is 0 Å². The van der Waals surface area contributed by atoms with Gasteiger partial charge in [-0.3, -0.25) is 9.36 Å². The number of fused-ring (bicyclic) bond motifs is 1. The summed E-state index contributed by atoms with van der Waals surface area (Å²) in [4.78, 5) is 44.3. The van der Waals surface area contributed by atoms with Gasteiger partial charge in [0.2, 0.25) is 0 Å². The zero-order valence-electron chi connectivity index (χ0n) is 26.6. The van der Waals surface area contributed by atoms with E-state index < -0.39 is 18.0 Å². The molecule has 4 rings (SSSR count). The largest absolute Gasteiger partial charge is 0.490 e. The van der Waals surface area contributed by atoms with Gasteiger partial charge >= 0.3 is 11.9 Å². The fourth-order valence-corrected chi connectivity index (χ4v) is 5.88. The van der Waals surface area contributed by atoms with E-state index in [1.807, 2.05) is 13.8 Å². The molecule has 0 saturated heterocycles. The van der Waals surface area contributed by atoms with Crippen LogP contribution in [0.15, 0.2) is 70.1 Å². The highest BCUT2D eigenvalue weighted by atomic mass is 32.1. The van der Waals surface area contributed by atoms with Gasteiger partial charge in [0, 0.05) is 0 Å². The van der Waals surface area contributed by atoms with Crippen LogP contribution in [0, 0.1) is 0 Å². The molecule has 11 nitrogen and oxygen atoms in total. The Morgan fingerprint density at radius 2 is 1.57 bits per heavy atom. The number of thiazole rings is 1. The van der Waals surface area contributed by atoms with Gasteiger partial charge < -0.3 is 28.4 Å². The topological polar surface area (TPSA) is 124 Å². The van der Waals surface area contributed by atoms with E-state index in [1.165, 1.54) is 15.9 Å². The molecule has 0 fully saturated rings. The Labute approximate surface area is 271 Å². The standard InChI is InChI=1S/C34H38N2O9S/c1-7-16-44-24-15-13-23(19-27(24)41-9-3)31-30(33(39)43-11-5)21(6)35-34-36(31)32(38)28(46-34)18-22-12-14-25(26(17-22)40-8-2)45-20-29(37)42-10-4/h7,12-15,17-19,31H,1,8-11,16,20H2,2-6H3/b28-18-/t31-/m1/s1. The van der Waals surface area contributed by atoms with Gasteiger partial charge in [-0.25, -0.2) is 14.6 Å². The Hall–Kier alpha value is -4.84. The molecular weight excluding hydrogens is 612 g/mol. The van der Waals surface area contributed by atoms with Crippen LogP contribution in [0.2, 0.25) is 0 Å². The quantitative estimate of drug-likeness (QED) is 0.177. The fraction of sp³-hybridized carbons (Fsp3) is 0.353. The van der Waals surface area contributed by atoms with Gasteiger partial charge in [0.1, 0.15) is 6.61 Å². The van der Waals surface area contributed by atoms with Gasteiger partial charge in [-0.2, -0.15) is 0 Å². The van der Waals surface area contributed by atoms with Crippen molar-refractivity contribution in [1.29, 1.82) is 0 Å². The van der Waals surface area contributed by atoms with Crippen molar-refractivity contribution < 1.29 is 38.0 Å². The lowest BCUT2D eigenvalue weighted by molar-refractivity contribution is -0.145. The van der Waals surface area contributed by atoms with E-state index in [0.29, 0.717) is 62.4 Å². The first-order valence-corrected chi connectivity index (χ1v) is 15.8. The zero-order chi connectivity index (χ0) is 33.2. The average molecular weight is 651 g/mol. The Kier molecular flexibility index (Phi) is 11.8. The molecule has 0 radical (unpaired) electrons. The normalized spacial score (nSPS) is 14.2. The highest BCUT2D eigenvalue weighted by Crippen LogP contribution is 2.36. The minimum Gasteiger partial charge on any atom is -0.490 e. The molecule has 244 valence electrons. The third kappa shape index (κ3) is 7.68. The lowest BCUT2D eigenvalue weighted by atomic mass is 9.95. The average Bonchev–Trinajstić information content (AvgIpc) is 3.33. The summed E-state index contributed by atoms with van der Waals surface area (Å²) in [5.74, 6) is 0.705. The van der Waals surface area contributed by atoms with Crippen molar-refractivity contribution in [2.75, 3.05) is 39.6 Å². The third-order valence-corrected chi connectivity index (χ3v) is 7.66. The van der Waals surface area contributed by atoms with Crippen LogP contribution in [-0.2, 0) is 19.1 Å². The summed E-state index contributed by atoms with van der Waals surface area (Å²) in [7, 11) is 0. The van der Waals surface area contributed by atoms with Crippen LogP contribution < -0.4 is 33.8 Å². The molecule has 0 N–H and O–H groups in total. The maximum Gasteiger partial charge on any atom is 0.344 e. The number of ether oxygens (including phenoxy) is 6. The van der Waals surface area contributed by atoms with Crippen molar-refractivity contribution >= 4 is 29.4 Å². The Balaban J connectivity index is 1.83. The maximum absolute atomic E-state index is 14.1. The van der Waals surface area contributed by atoms with Gasteiger partial charge in [0.15, 0.2) is 34.4 Å². The SMILES string of the molecule is C=CCOc1ccc([C@@H]2C(C(=O)OCC)=C(C)N=c3s/c(=C\c4ccc(OCC(=O)OCC)c(OCC)c4)c(=O)n32)cc1OCC. The molecule has 1 aromatic heterocycles. The monoisotopic (exact) mass is 650 g/mol.